The lowest BCUT2D eigenvalue weighted by molar-refractivity contribution is -0.147. The molecule has 0 radical (unpaired) electrons. The molecule has 1 fully saturated rings. The Morgan fingerprint density at radius 3 is 2.80 bits per heavy atom. The predicted molar refractivity (Wildman–Crippen MR) is 56.2 cm³/mol. The van der Waals surface area contributed by atoms with Crippen LogP contribution in [0.5, 0.6) is 0 Å². The summed E-state index contributed by atoms with van der Waals surface area (Å²) in [5.74, 6) is 4.75. The van der Waals surface area contributed by atoms with Gasteiger partial charge in [0, 0.05) is 12.5 Å². The highest BCUT2D eigenvalue weighted by Gasteiger charge is 2.15. The maximum absolute atomic E-state index is 11.2. The Labute approximate surface area is 90.3 Å². The Bertz CT molecular complexity index is 276. The van der Waals surface area contributed by atoms with Crippen LogP contribution in [0.2, 0.25) is 0 Å². The van der Waals surface area contributed by atoms with E-state index in [0.29, 0.717) is 13.2 Å². The molecule has 0 aromatic rings. The van der Waals surface area contributed by atoms with Crippen LogP contribution in [-0.4, -0.2) is 37.4 Å². The van der Waals surface area contributed by atoms with E-state index in [2.05, 4.69) is 17.2 Å². The zero-order valence-corrected chi connectivity index (χ0v) is 9.42. The number of esters is 1. The Hall–Kier alpha value is -1.05. The average molecular weight is 211 g/mol. The lowest BCUT2D eigenvalue weighted by atomic mass is 10.2. The van der Waals surface area contributed by atoms with Crippen LogP contribution in [0, 0.1) is 11.8 Å². The second kappa shape index (κ2) is 5.15. The summed E-state index contributed by atoms with van der Waals surface area (Å²) in [6, 6.07) is -0.0636. The summed E-state index contributed by atoms with van der Waals surface area (Å²) in [7, 11) is 0. The number of hydrogen-bond donors (Lipinski definition) is 1. The highest BCUT2D eigenvalue weighted by Crippen LogP contribution is 2.06. The van der Waals surface area contributed by atoms with Gasteiger partial charge in [0.25, 0.3) is 0 Å². The van der Waals surface area contributed by atoms with Gasteiger partial charge in [-0.15, -0.1) is 0 Å². The van der Waals surface area contributed by atoms with Crippen LogP contribution in [-0.2, 0) is 14.3 Å². The zero-order valence-electron chi connectivity index (χ0n) is 9.42. The molecule has 4 heteroatoms. The summed E-state index contributed by atoms with van der Waals surface area (Å²) in [6.45, 7) is 7.44. The van der Waals surface area contributed by atoms with Gasteiger partial charge in [-0.05, 0) is 20.8 Å². The molecule has 1 unspecified atom stereocenters. The van der Waals surface area contributed by atoms with E-state index in [4.69, 9.17) is 9.47 Å². The molecule has 0 amide bonds. The van der Waals surface area contributed by atoms with Crippen molar-refractivity contribution in [2.75, 3.05) is 19.8 Å². The number of nitrogens with one attached hydrogen (secondary N) is 1. The second-order valence-corrected chi connectivity index (χ2v) is 4.35. The van der Waals surface area contributed by atoms with Gasteiger partial charge in [0.2, 0.25) is 0 Å². The molecule has 1 heterocycles. The topological polar surface area (TPSA) is 47.6 Å². The molecule has 0 aromatic heterocycles. The standard InChI is InChI=1S/C11H17NO3/c1-11(2,3)15-10(13)5-4-9-8-14-7-6-12-9/h9,12H,6-8H2,1-3H3. The van der Waals surface area contributed by atoms with Gasteiger partial charge in [0.15, 0.2) is 0 Å². The normalized spacial score (nSPS) is 21.4. The third-order valence-corrected chi connectivity index (χ3v) is 1.67. The third-order valence-electron chi connectivity index (χ3n) is 1.67. The molecule has 15 heavy (non-hydrogen) atoms. The van der Waals surface area contributed by atoms with Crippen molar-refractivity contribution in [2.24, 2.45) is 0 Å². The molecule has 1 rings (SSSR count). The van der Waals surface area contributed by atoms with Crippen LogP contribution in [0.3, 0.4) is 0 Å². The van der Waals surface area contributed by atoms with E-state index in [1.165, 1.54) is 0 Å². The molecule has 0 bridgehead atoms. The van der Waals surface area contributed by atoms with Gasteiger partial charge in [-0.1, -0.05) is 5.92 Å². The summed E-state index contributed by atoms with van der Waals surface area (Å²) in [5.41, 5.74) is -0.484. The van der Waals surface area contributed by atoms with Gasteiger partial charge in [0.05, 0.1) is 19.3 Å². The Kier molecular flexibility index (Phi) is 4.13. The van der Waals surface area contributed by atoms with Gasteiger partial charge < -0.3 is 9.47 Å². The number of ether oxygens (including phenoxy) is 2. The molecule has 0 aliphatic carbocycles. The molecule has 1 saturated heterocycles. The van der Waals surface area contributed by atoms with E-state index in [1.54, 1.807) is 0 Å². The van der Waals surface area contributed by atoms with Crippen molar-refractivity contribution < 1.29 is 14.3 Å². The van der Waals surface area contributed by atoms with Crippen molar-refractivity contribution in [3.05, 3.63) is 0 Å². The average Bonchev–Trinajstić information content (AvgIpc) is 2.14. The summed E-state index contributed by atoms with van der Waals surface area (Å²) < 4.78 is 10.2. The lowest BCUT2D eigenvalue weighted by Crippen LogP contribution is -2.40. The van der Waals surface area contributed by atoms with Crippen LogP contribution in [0.25, 0.3) is 0 Å². The highest BCUT2D eigenvalue weighted by atomic mass is 16.6. The quantitative estimate of drug-likeness (QED) is 0.356. The first-order chi connectivity index (χ1) is 6.97. The van der Waals surface area contributed by atoms with Crippen molar-refractivity contribution in [1.29, 1.82) is 0 Å². The first-order valence-electron chi connectivity index (χ1n) is 5.03. The molecule has 1 aliphatic heterocycles. The van der Waals surface area contributed by atoms with E-state index in [0.717, 1.165) is 6.54 Å². The second-order valence-electron chi connectivity index (χ2n) is 4.35. The Morgan fingerprint density at radius 2 is 2.27 bits per heavy atom. The van der Waals surface area contributed by atoms with Crippen LogP contribution in [0.1, 0.15) is 20.8 Å². The fourth-order valence-corrected chi connectivity index (χ4v) is 1.11. The van der Waals surface area contributed by atoms with Crippen LogP contribution in [0.4, 0.5) is 0 Å². The van der Waals surface area contributed by atoms with Gasteiger partial charge in [-0.25, -0.2) is 4.79 Å². The molecule has 0 spiro atoms. The molecule has 4 nitrogen and oxygen atoms in total. The fourth-order valence-electron chi connectivity index (χ4n) is 1.11. The minimum atomic E-state index is -0.491. The highest BCUT2D eigenvalue weighted by molar-refractivity contribution is 5.88. The van der Waals surface area contributed by atoms with Crippen molar-refractivity contribution in [3.63, 3.8) is 0 Å². The van der Waals surface area contributed by atoms with Gasteiger partial charge >= 0.3 is 5.97 Å². The van der Waals surface area contributed by atoms with Gasteiger partial charge in [-0.3, -0.25) is 5.32 Å². The van der Waals surface area contributed by atoms with E-state index >= 15 is 0 Å². The molecule has 84 valence electrons. The maximum atomic E-state index is 11.2. The largest absolute Gasteiger partial charge is 0.450 e. The lowest BCUT2D eigenvalue weighted by Gasteiger charge is -2.19. The molecular weight excluding hydrogens is 194 g/mol. The predicted octanol–water partition coefficient (Wildman–Crippen LogP) is 0.320. The molecule has 1 aliphatic rings. The Balaban J connectivity index is 2.39. The summed E-state index contributed by atoms with van der Waals surface area (Å²) in [4.78, 5) is 11.2. The SMILES string of the molecule is CC(C)(C)OC(=O)C#CC1COCCN1. The van der Waals surface area contributed by atoms with Crippen LogP contribution in [0.15, 0.2) is 0 Å². The van der Waals surface area contributed by atoms with Crippen molar-refractivity contribution in [3.8, 4) is 11.8 Å². The fraction of sp³-hybridized carbons (Fsp3) is 0.727. The first-order valence-corrected chi connectivity index (χ1v) is 5.03. The molecule has 1 N–H and O–H groups in total. The monoisotopic (exact) mass is 211 g/mol. The first kappa shape index (κ1) is 12.0. The summed E-state index contributed by atoms with van der Waals surface area (Å²) in [5, 5.41) is 3.13. The maximum Gasteiger partial charge on any atom is 0.384 e. The Morgan fingerprint density at radius 1 is 1.53 bits per heavy atom. The number of carbonyl (C=O) groups is 1. The van der Waals surface area contributed by atoms with Crippen LogP contribution < -0.4 is 5.32 Å². The van der Waals surface area contributed by atoms with E-state index < -0.39 is 11.6 Å². The third kappa shape index (κ3) is 5.40. The molecule has 0 saturated carbocycles. The zero-order chi connectivity index (χ0) is 11.3. The van der Waals surface area contributed by atoms with Crippen LogP contribution >= 0.6 is 0 Å². The van der Waals surface area contributed by atoms with Gasteiger partial charge in [-0.2, -0.15) is 0 Å². The minimum absolute atomic E-state index is 0.0636. The van der Waals surface area contributed by atoms with Crippen molar-refractivity contribution >= 4 is 5.97 Å². The van der Waals surface area contributed by atoms with E-state index in [1.807, 2.05) is 20.8 Å². The molecular formula is C11H17NO3. The number of carbonyl (C=O) groups excluding carboxylic acids is 1. The van der Waals surface area contributed by atoms with E-state index in [9.17, 15) is 4.79 Å². The number of rotatable bonds is 0. The van der Waals surface area contributed by atoms with E-state index in [-0.39, 0.29) is 6.04 Å². The number of hydrogen-bond acceptors (Lipinski definition) is 4. The number of morpholine rings is 1. The van der Waals surface area contributed by atoms with Crippen molar-refractivity contribution in [1.82, 2.24) is 5.32 Å². The summed E-state index contributed by atoms with van der Waals surface area (Å²) >= 11 is 0. The van der Waals surface area contributed by atoms with Crippen molar-refractivity contribution in [2.45, 2.75) is 32.4 Å². The molecule has 0 aromatic carbocycles. The minimum Gasteiger partial charge on any atom is -0.450 e. The van der Waals surface area contributed by atoms with Gasteiger partial charge in [0.1, 0.15) is 5.60 Å². The smallest absolute Gasteiger partial charge is 0.384 e. The molecule has 1 atom stereocenters. The summed E-state index contributed by atoms with van der Waals surface area (Å²) in [6.07, 6.45) is 0.